The fourth-order valence-corrected chi connectivity index (χ4v) is 0. The molecule has 2 radical (unpaired) electrons. The Morgan fingerprint density at radius 3 is 1.17 bits per heavy atom. The first-order valence-corrected chi connectivity index (χ1v) is 8.05. The van der Waals surface area contributed by atoms with Crippen molar-refractivity contribution in [3.63, 3.8) is 0 Å². The second kappa shape index (κ2) is 9.50. The third kappa shape index (κ3) is 64.4. The minimum atomic E-state index is 1.27. The van der Waals surface area contributed by atoms with Crippen LogP contribution in [0.25, 0.3) is 0 Å². The van der Waals surface area contributed by atoms with Crippen molar-refractivity contribution in [3.8, 4) is 0 Å². The van der Waals surface area contributed by atoms with Crippen LogP contribution in [0.2, 0.25) is 0 Å². The second-order valence-corrected chi connectivity index (χ2v) is 1.34. The van der Waals surface area contributed by atoms with Crippen LogP contribution in [0.15, 0.2) is 0 Å². The van der Waals surface area contributed by atoms with Gasteiger partial charge < -0.3 is 4.90 Å². The van der Waals surface area contributed by atoms with Crippen molar-refractivity contribution < 1.29 is 0 Å². The summed E-state index contributed by atoms with van der Waals surface area (Å²) in [7, 11) is 6.00. The van der Waals surface area contributed by atoms with Gasteiger partial charge in [-0.3, -0.25) is 0 Å². The molecule has 0 N–H and O–H groups in total. The van der Waals surface area contributed by atoms with Crippen molar-refractivity contribution in [2.45, 2.75) is 0 Å². The molecule has 0 rings (SSSR count). The maximum atomic E-state index is 2.55. The van der Waals surface area contributed by atoms with Gasteiger partial charge in [-0.2, -0.15) is 0 Å². The summed E-state index contributed by atoms with van der Waals surface area (Å²) < 4.78 is 0. The van der Waals surface area contributed by atoms with E-state index in [2.05, 4.69) is 6.89 Å². The van der Waals surface area contributed by atoms with Crippen LogP contribution < -0.4 is 0 Å². The first kappa shape index (κ1) is 10.2. The molecule has 3 heteroatoms. The summed E-state index contributed by atoms with van der Waals surface area (Å²) in [6.45, 7) is 2.55. The predicted octanol–water partition coefficient (Wildman–Crippen LogP) is -0.145. The molecule has 0 heterocycles. The van der Waals surface area contributed by atoms with Crippen molar-refractivity contribution in [2.75, 3.05) is 21.1 Å². The van der Waals surface area contributed by atoms with Crippen LogP contribution in [0, 0.1) is 0 Å². The molecular formula is C3H12NPSn. The summed E-state index contributed by atoms with van der Waals surface area (Å²) in [5.74, 6) is 0. The molecule has 0 fully saturated rings. The van der Waals surface area contributed by atoms with Crippen LogP contribution in [0.4, 0.5) is 0 Å². The Bertz CT molecular complexity index is 15.5. The Balaban J connectivity index is 0. The maximum absolute atomic E-state index is 2.55. The predicted molar refractivity (Wildman–Crippen MR) is 36.5 cm³/mol. The zero-order valence-corrected chi connectivity index (χ0v) is 9.05. The van der Waals surface area contributed by atoms with Gasteiger partial charge in [-0.25, -0.2) is 0 Å². The molecule has 0 aliphatic carbocycles. The molecule has 1 unspecified atom stereocenters. The van der Waals surface area contributed by atoms with Crippen molar-refractivity contribution in [1.82, 2.24) is 4.90 Å². The number of hydrogen-bond acceptors (Lipinski definition) is 1. The molecule has 6 heavy (non-hydrogen) atoms. The molecule has 0 saturated carbocycles. The van der Waals surface area contributed by atoms with E-state index in [4.69, 9.17) is 0 Å². The summed E-state index contributed by atoms with van der Waals surface area (Å²) in [6, 6.07) is 0. The SMILES string of the molecule is CN(C)C.[PH2][SnH]. The van der Waals surface area contributed by atoms with E-state index in [0.717, 1.165) is 0 Å². The quantitative estimate of drug-likeness (QED) is 0.398. The van der Waals surface area contributed by atoms with Crippen LogP contribution in [0.1, 0.15) is 0 Å². The van der Waals surface area contributed by atoms with Gasteiger partial charge in [0.05, 0.1) is 0 Å². The molecule has 38 valence electrons. The van der Waals surface area contributed by atoms with E-state index in [0.29, 0.717) is 0 Å². The first-order valence-electron chi connectivity index (χ1n) is 1.67. The molecule has 0 aliphatic rings. The van der Waals surface area contributed by atoms with Crippen LogP contribution >= 0.6 is 6.89 Å². The molecule has 0 spiro atoms. The van der Waals surface area contributed by atoms with Gasteiger partial charge in [0.25, 0.3) is 0 Å². The van der Waals surface area contributed by atoms with E-state index in [1.165, 1.54) is 22.0 Å². The van der Waals surface area contributed by atoms with E-state index >= 15 is 0 Å². The molecule has 1 nitrogen and oxygen atoms in total. The first-order chi connectivity index (χ1) is 2.73. The summed E-state index contributed by atoms with van der Waals surface area (Å²) in [5, 5.41) is 0. The standard InChI is InChI=1S/C3H9N.H2P.Sn.H/c1-4(2)3;;;/h1-3H3;1H2;;/q;-1;+1;. The van der Waals surface area contributed by atoms with Gasteiger partial charge in [0.1, 0.15) is 0 Å². The van der Waals surface area contributed by atoms with Gasteiger partial charge in [0.15, 0.2) is 0 Å². The average molecular weight is 212 g/mol. The van der Waals surface area contributed by atoms with Crippen molar-refractivity contribution in [2.24, 2.45) is 0 Å². The molecule has 0 aliphatic heterocycles. The minimum absolute atomic E-state index is 1.27. The van der Waals surface area contributed by atoms with Gasteiger partial charge >= 0.3 is 28.9 Å². The Morgan fingerprint density at radius 2 is 1.17 bits per heavy atom. The van der Waals surface area contributed by atoms with Gasteiger partial charge in [0.2, 0.25) is 0 Å². The summed E-state index contributed by atoms with van der Waals surface area (Å²) in [6.07, 6.45) is 0. The molecular weight excluding hydrogens is 200 g/mol. The Hall–Kier alpha value is 1.19. The molecule has 0 aromatic carbocycles. The number of rotatable bonds is 0. The van der Waals surface area contributed by atoms with E-state index in [1.54, 1.807) is 0 Å². The van der Waals surface area contributed by atoms with Gasteiger partial charge in [-0.15, -0.1) is 0 Å². The summed E-state index contributed by atoms with van der Waals surface area (Å²) in [4.78, 5) is 2.00. The van der Waals surface area contributed by atoms with Crippen LogP contribution in [-0.2, 0) is 0 Å². The van der Waals surface area contributed by atoms with Crippen LogP contribution in [0.5, 0.6) is 0 Å². The fraction of sp³-hybridized carbons (Fsp3) is 1.00. The third-order valence-corrected chi connectivity index (χ3v) is 0. The van der Waals surface area contributed by atoms with E-state index in [1.807, 2.05) is 26.0 Å². The fourth-order valence-electron chi connectivity index (χ4n) is 0. The molecule has 0 aromatic heterocycles. The molecule has 0 bridgehead atoms. The number of nitrogens with zero attached hydrogens (tertiary/aromatic N) is 1. The topological polar surface area (TPSA) is 3.24 Å². The normalized spacial score (nSPS) is 7.00. The van der Waals surface area contributed by atoms with Gasteiger partial charge in [-0.1, -0.05) is 0 Å². The van der Waals surface area contributed by atoms with E-state index < -0.39 is 0 Å². The van der Waals surface area contributed by atoms with Gasteiger partial charge in [0, 0.05) is 0 Å². The average Bonchev–Trinajstić information content (AvgIpc) is 1.41. The van der Waals surface area contributed by atoms with E-state index in [-0.39, 0.29) is 0 Å². The summed E-state index contributed by atoms with van der Waals surface area (Å²) >= 11 is 1.27. The van der Waals surface area contributed by atoms with Crippen LogP contribution in [0.3, 0.4) is 0 Å². The van der Waals surface area contributed by atoms with E-state index in [9.17, 15) is 0 Å². The summed E-state index contributed by atoms with van der Waals surface area (Å²) in [5.41, 5.74) is 0. The zero-order chi connectivity index (χ0) is 5.58. The second-order valence-electron chi connectivity index (χ2n) is 1.34. The molecule has 1 atom stereocenters. The zero-order valence-electron chi connectivity index (χ0n) is 4.60. The monoisotopic (exact) mass is 213 g/mol. The van der Waals surface area contributed by atoms with Crippen molar-refractivity contribution >= 4 is 28.9 Å². The van der Waals surface area contributed by atoms with Gasteiger partial charge in [-0.05, 0) is 21.1 Å². The molecule has 0 saturated heterocycles. The van der Waals surface area contributed by atoms with Crippen molar-refractivity contribution in [1.29, 1.82) is 0 Å². The third-order valence-electron chi connectivity index (χ3n) is 0. The Labute approximate surface area is 55.1 Å². The Kier molecular flexibility index (Phi) is 16.2. The van der Waals surface area contributed by atoms with Crippen molar-refractivity contribution in [3.05, 3.63) is 0 Å². The molecule has 0 aromatic rings. The Morgan fingerprint density at radius 1 is 1.17 bits per heavy atom. The van der Waals surface area contributed by atoms with Crippen LogP contribution in [-0.4, -0.2) is 48.0 Å². The molecule has 0 amide bonds. The number of hydrogen-bond donors (Lipinski definition) is 0.